The standard InChI is InChI=1S/C47H49F2N5O5/c48-47(49)59-38-12-6-31(7-13-38)39-3-1-2-33-27-37(55)11-15-40(33)44(39)32-4-8-35(9-5-32)52-20-18-30(19-21-52)28-51-22-24-53(25-23-51)36-10-14-41-34(26-36)29-54(46(41)58)42-16-17-43(56)50-45(42)57/h4-15,26-27,30,42,47,55H,1-3,16-25,28-29H2,(H,50,56,57)/t42-/m1/s1. The Hall–Kier alpha value is -5.75. The number of phenols is 1. The summed E-state index contributed by atoms with van der Waals surface area (Å²) in [6.07, 6.45) is 5.41. The van der Waals surface area contributed by atoms with Crippen LogP contribution in [0, 0.1) is 5.92 Å². The lowest BCUT2D eigenvalue weighted by molar-refractivity contribution is -0.136. The Labute approximate surface area is 343 Å². The van der Waals surface area contributed by atoms with E-state index in [0.717, 1.165) is 123 Å². The maximum Gasteiger partial charge on any atom is 0.387 e. The number of anilines is 2. The molecule has 3 fully saturated rings. The molecule has 59 heavy (non-hydrogen) atoms. The number of halogens is 2. The molecule has 5 aliphatic rings. The van der Waals surface area contributed by atoms with Gasteiger partial charge in [0.15, 0.2) is 0 Å². The van der Waals surface area contributed by atoms with Crippen molar-refractivity contribution in [3.8, 4) is 11.5 Å². The van der Waals surface area contributed by atoms with Crippen LogP contribution in [-0.2, 0) is 22.6 Å². The van der Waals surface area contributed by atoms with Gasteiger partial charge in [-0.2, -0.15) is 8.78 Å². The first-order valence-corrected chi connectivity index (χ1v) is 20.9. The van der Waals surface area contributed by atoms with Crippen LogP contribution in [0.25, 0.3) is 11.1 Å². The first-order valence-electron chi connectivity index (χ1n) is 20.9. The molecule has 0 unspecified atom stereocenters. The van der Waals surface area contributed by atoms with Crippen molar-refractivity contribution in [1.29, 1.82) is 0 Å². The predicted molar refractivity (Wildman–Crippen MR) is 223 cm³/mol. The van der Waals surface area contributed by atoms with Gasteiger partial charge in [0, 0.05) is 75.7 Å². The molecule has 3 saturated heterocycles. The molecule has 4 aromatic carbocycles. The summed E-state index contributed by atoms with van der Waals surface area (Å²) < 4.78 is 30.4. The molecule has 9 rings (SSSR count). The largest absolute Gasteiger partial charge is 0.508 e. The fourth-order valence-corrected chi connectivity index (χ4v) is 9.75. The summed E-state index contributed by atoms with van der Waals surface area (Å²) in [7, 11) is 0. The first kappa shape index (κ1) is 38.8. The molecule has 0 radical (unpaired) electrons. The van der Waals surface area contributed by atoms with E-state index in [0.29, 0.717) is 24.4 Å². The van der Waals surface area contributed by atoms with Gasteiger partial charge in [0.1, 0.15) is 17.5 Å². The van der Waals surface area contributed by atoms with Gasteiger partial charge in [0.05, 0.1) is 0 Å². The number of nitrogens with zero attached hydrogens (tertiary/aromatic N) is 4. The van der Waals surface area contributed by atoms with Crippen molar-refractivity contribution < 1.29 is 33.0 Å². The van der Waals surface area contributed by atoms with Gasteiger partial charge in [-0.25, -0.2) is 0 Å². The molecule has 2 N–H and O–H groups in total. The number of benzene rings is 4. The number of amides is 3. The second-order valence-electron chi connectivity index (χ2n) is 16.5. The summed E-state index contributed by atoms with van der Waals surface area (Å²) in [6.45, 7) is 4.38. The molecule has 306 valence electrons. The average molecular weight is 802 g/mol. The number of piperazine rings is 1. The molecular weight excluding hydrogens is 753 g/mol. The van der Waals surface area contributed by atoms with E-state index in [4.69, 9.17) is 0 Å². The smallest absolute Gasteiger partial charge is 0.387 e. The van der Waals surface area contributed by atoms with Gasteiger partial charge in [-0.05, 0) is 138 Å². The van der Waals surface area contributed by atoms with Gasteiger partial charge >= 0.3 is 6.61 Å². The van der Waals surface area contributed by atoms with E-state index >= 15 is 0 Å². The second kappa shape index (κ2) is 16.5. The van der Waals surface area contributed by atoms with Crippen LogP contribution in [-0.4, -0.2) is 91.1 Å². The van der Waals surface area contributed by atoms with Crippen molar-refractivity contribution in [1.82, 2.24) is 15.1 Å². The molecule has 1 aliphatic carbocycles. The minimum atomic E-state index is -2.87. The maximum atomic E-state index is 13.2. The van der Waals surface area contributed by atoms with Crippen molar-refractivity contribution in [2.24, 2.45) is 5.92 Å². The van der Waals surface area contributed by atoms with Crippen LogP contribution >= 0.6 is 0 Å². The maximum absolute atomic E-state index is 13.2. The normalized spacial score (nSPS) is 20.5. The van der Waals surface area contributed by atoms with Gasteiger partial charge in [-0.15, -0.1) is 0 Å². The summed E-state index contributed by atoms with van der Waals surface area (Å²) in [5.41, 5.74) is 10.4. The molecular formula is C47H49F2N5O5. The van der Waals surface area contributed by atoms with Crippen LogP contribution in [0.5, 0.6) is 11.5 Å². The summed E-state index contributed by atoms with van der Waals surface area (Å²) in [4.78, 5) is 46.4. The van der Waals surface area contributed by atoms with Gasteiger partial charge in [0.25, 0.3) is 5.91 Å². The third kappa shape index (κ3) is 8.15. The average Bonchev–Trinajstić information content (AvgIpc) is 3.44. The molecule has 10 nitrogen and oxygen atoms in total. The Bertz CT molecular complexity index is 2260. The van der Waals surface area contributed by atoms with Crippen molar-refractivity contribution in [2.45, 2.75) is 64.1 Å². The van der Waals surface area contributed by atoms with E-state index in [1.54, 1.807) is 23.1 Å². The number of allylic oxidation sites excluding steroid dienone is 1. The zero-order valence-electron chi connectivity index (χ0n) is 33.0. The minimum Gasteiger partial charge on any atom is -0.508 e. The highest BCUT2D eigenvalue weighted by Crippen LogP contribution is 2.42. The molecule has 0 aromatic heterocycles. The molecule has 1 atom stereocenters. The number of imide groups is 1. The number of carbonyl (C=O) groups excluding carboxylic acids is 3. The number of ether oxygens (including phenoxy) is 1. The highest BCUT2D eigenvalue weighted by atomic mass is 19.3. The van der Waals surface area contributed by atoms with Crippen LogP contribution in [0.4, 0.5) is 20.2 Å². The van der Waals surface area contributed by atoms with Crippen molar-refractivity contribution in [3.63, 3.8) is 0 Å². The molecule has 4 aliphatic heterocycles. The van der Waals surface area contributed by atoms with Crippen LogP contribution in [0.1, 0.15) is 76.7 Å². The quantitative estimate of drug-likeness (QED) is 0.173. The van der Waals surface area contributed by atoms with E-state index in [9.17, 15) is 28.3 Å². The van der Waals surface area contributed by atoms with Gasteiger partial charge in [-0.1, -0.05) is 30.3 Å². The number of hydrogen-bond acceptors (Lipinski definition) is 8. The fraction of sp³-hybridized carbons (Fsp3) is 0.383. The third-order valence-corrected chi connectivity index (χ3v) is 12.9. The van der Waals surface area contributed by atoms with E-state index in [2.05, 4.69) is 55.1 Å². The monoisotopic (exact) mass is 801 g/mol. The summed E-state index contributed by atoms with van der Waals surface area (Å²) >= 11 is 0. The third-order valence-electron chi connectivity index (χ3n) is 12.9. The lowest BCUT2D eigenvalue weighted by Gasteiger charge is -2.40. The number of alkyl halides is 2. The number of fused-ring (bicyclic) bond motifs is 2. The van der Waals surface area contributed by atoms with Gasteiger partial charge < -0.3 is 24.5 Å². The Morgan fingerprint density at radius 3 is 2.14 bits per heavy atom. The number of carbonyl (C=O) groups is 3. The number of aromatic hydroxyl groups is 1. The molecule has 12 heteroatoms. The van der Waals surface area contributed by atoms with Crippen LogP contribution in [0.2, 0.25) is 0 Å². The molecule has 0 bridgehead atoms. The van der Waals surface area contributed by atoms with E-state index in [1.165, 1.54) is 5.69 Å². The van der Waals surface area contributed by atoms with Gasteiger partial charge in [-0.3, -0.25) is 24.6 Å². The number of rotatable bonds is 9. The Morgan fingerprint density at radius 2 is 1.41 bits per heavy atom. The second-order valence-corrected chi connectivity index (χ2v) is 16.5. The Kier molecular flexibility index (Phi) is 10.8. The number of phenolic OH excluding ortho intramolecular Hbond substituents is 1. The summed E-state index contributed by atoms with van der Waals surface area (Å²) in [5.74, 6) is 0.202. The van der Waals surface area contributed by atoms with Crippen molar-refractivity contribution >= 4 is 40.2 Å². The topological polar surface area (TPSA) is 106 Å². The highest BCUT2D eigenvalue weighted by molar-refractivity contribution is 6.05. The molecule has 3 amide bonds. The highest BCUT2D eigenvalue weighted by Gasteiger charge is 2.39. The van der Waals surface area contributed by atoms with E-state index < -0.39 is 12.7 Å². The Morgan fingerprint density at radius 1 is 0.712 bits per heavy atom. The first-order chi connectivity index (χ1) is 28.7. The fourth-order valence-electron chi connectivity index (χ4n) is 9.75. The zero-order valence-corrected chi connectivity index (χ0v) is 33.0. The molecule has 4 aromatic rings. The van der Waals surface area contributed by atoms with Crippen LogP contribution in [0.15, 0.2) is 84.9 Å². The summed E-state index contributed by atoms with van der Waals surface area (Å²) in [5, 5.41) is 12.7. The minimum absolute atomic E-state index is 0.135. The number of hydrogen-bond donors (Lipinski definition) is 2. The number of nitrogens with one attached hydrogen (secondary N) is 1. The van der Waals surface area contributed by atoms with Crippen LogP contribution < -0.4 is 19.9 Å². The van der Waals surface area contributed by atoms with E-state index in [1.807, 2.05) is 36.4 Å². The predicted octanol–water partition coefficient (Wildman–Crippen LogP) is 7.09. The zero-order chi connectivity index (χ0) is 40.6. The molecule has 0 spiro atoms. The van der Waals surface area contributed by atoms with Crippen LogP contribution in [0.3, 0.4) is 0 Å². The number of piperidine rings is 2. The van der Waals surface area contributed by atoms with Crippen molar-refractivity contribution in [2.75, 3.05) is 55.6 Å². The van der Waals surface area contributed by atoms with Gasteiger partial charge in [0.2, 0.25) is 11.8 Å². The summed E-state index contributed by atoms with van der Waals surface area (Å²) in [6, 6.07) is 26.7. The van der Waals surface area contributed by atoms with Crippen molar-refractivity contribution in [3.05, 3.63) is 118 Å². The lowest BCUT2D eigenvalue weighted by atomic mass is 9.87. The number of aryl methyl sites for hydroxylation is 1. The Balaban J connectivity index is 0.808. The SMILES string of the molecule is O=C1CC[C@@H](N2Cc3cc(N4CCN(CC5CCN(c6ccc(C7=C(c8ccc(OC(F)F)cc8)CCCc8cc(O)ccc87)cc6)CC5)CC4)ccc3C2=O)C(=O)N1. The van der Waals surface area contributed by atoms with E-state index in [-0.39, 0.29) is 35.6 Å². The molecule has 0 saturated carbocycles. The lowest BCUT2D eigenvalue weighted by Crippen LogP contribution is -2.52. The molecule has 4 heterocycles.